The summed E-state index contributed by atoms with van der Waals surface area (Å²) in [6, 6.07) is 4.39. The lowest BCUT2D eigenvalue weighted by Crippen LogP contribution is -2.50. The number of nitrogens with one attached hydrogen (secondary N) is 1. The number of pyridine rings is 1. The Morgan fingerprint density at radius 3 is 3.19 bits per heavy atom. The van der Waals surface area contributed by atoms with Crippen molar-refractivity contribution in [2.45, 2.75) is 13.0 Å². The zero-order valence-electron chi connectivity index (χ0n) is 9.07. The van der Waals surface area contributed by atoms with E-state index in [9.17, 15) is 0 Å². The van der Waals surface area contributed by atoms with Gasteiger partial charge in [0.15, 0.2) is 0 Å². The molecule has 0 radical (unpaired) electrons. The van der Waals surface area contributed by atoms with Crippen LogP contribution in [0, 0.1) is 11.3 Å². The van der Waals surface area contributed by atoms with Crippen LogP contribution in [0.4, 0.5) is 5.82 Å². The fraction of sp³-hybridized carbons (Fsp3) is 0.455. The van der Waals surface area contributed by atoms with Crippen LogP contribution in [0.1, 0.15) is 12.5 Å². The Bertz CT molecular complexity index is 426. The number of hydrogen-bond acceptors (Lipinski definition) is 4. The second-order valence-corrected chi connectivity index (χ2v) is 4.80. The summed E-state index contributed by atoms with van der Waals surface area (Å²) in [7, 11) is 0. The highest BCUT2D eigenvalue weighted by atomic mass is 79.9. The largest absolute Gasteiger partial charge is 0.350 e. The summed E-state index contributed by atoms with van der Waals surface area (Å²) in [5.41, 5.74) is 0.628. The van der Waals surface area contributed by atoms with Crippen LogP contribution in [0.5, 0.6) is 0 Å². The Kier molecular flexibility index (Phi) is 3.42. The maximum atomic E-state index is 9.11. The normalized spacial score (nSPS) is 20.6. The SMILES string of the molecule is C[C@H]1CNCCN1c1ncc(Br)cc1C#N. The van der Waals surface area contributed by atoms with Crippen molar-refractivity contribution >= 4 is 21.7 Å². The number of nitrogens with zero attached hydrogens (tertiary/aromatic N) is 3. The fourth-order valence-corrected chi connectivity index (χ4v) is 2.23. The minimum atomic E-state index is 0.370. The standard InChI is InChI=1S/C11H13BrN4/c1-8-6-14-2-3-16(8)11-9(5-13)4-10(12)7-15-11/h4,7-8,14H,2-3,6H2,1H3/t8-/m0/s1. The molecule has 0 spiro atoms. The number of nitriles is 1. The van der Waals surface area contributed by atoms with Crippen molar-refractivity contribution < 1.29 is 0 Å². The number of rotatable bonds is 1. The van der Waals surface area contributed by atoms with Gasteiger partial charge in [0.1, 0.15) is 11.9 Å². The molecule has 2 rings (SSSR count). The Hall–Kier alpha value is -1.12. The van der Waals surface area contributed by atoms with E-state index < -0.39 is 0 Å². The quantitative estimate of drug-likeness (QED) is 0.848. The van der Waals surface area contributed by atoms with E-state index in [4.69, 9.17) is 5.26 Å². The van der Waals surface area contributed by atoms with E-state index in [2.05, 4.69) is 44.1 Å². The molecule has 1 aromatic heterocycles. The molecule has 1 atom stereocenters. The van der Waals surface area contributed by atoms with Gasteiger partial charge in [0.25, 0.3) is 0 Å². The molecule has 1 fully saturated rings. The molecule has 1 aliphatic heterocycles. The third-order valence-electron chi connectivity index (χ3n) is 2.73. The van der Waals surface area contributed by atoms with Crippen LogP contribution in [0.3, 0.4) is 0 Å². The molecule has 1 aliphatic rings. The van der Waals surface area contributed by atoms with Gasteiger partial charge in [-0.2, -0.15) is 5.26 Å². The molecule has 0 bridgehead atoms. The van der Waals surface area contributed by atoms with E-state index in [1.54, 1.807) is 6.20 Å². The van der Waals surface area contributed by atoms with Crippen molar-refractivity contribution in [2.24, 2.45) is 0 Å². The van der Waals surface area contributed by atoms with Gasteiger partial charge in [-0.3, -0.25) is 0 Å². The lowest BCUT2D eigenvalue weighted by Gasteiger charge is -2.35. The Labute approximate surface area is 103 Å². The van der Waals surface area contributed by atoms with Crippen molar-refractivity contribution in [3.8, 4) is 6.07 Å². The van der Waals surface area contributed by atoms with Crippen molar-refractivity contribution in [1.29, 1.82) is 5.26 Å². The minimum Gasteiger partial charge on any atom is -0.350 e. The molecule has 2 heterocycles. The number of hydrogen-bond donors (Lipinski definition) is 1. The van der Waals surface area contributed by atoms with Gasteiger partial charge in [-0.05, 0) is 28.9 Å². The second kappa shape index (κ2) is 4.81. The Balaban J connectivity index is 2.35. The molecular formula is C11H13BrN4. The van der Waals surface area contributed by atoms with Gasteiger partial charge in [-0.1, -0.05) is 0 Å². The van der Waals surface area contributed by atoms with E-state index in [1.807, 2.05) is 6.07 Å². The number of halogens is 1. The molecule has 0 aromatic carbocycles. The third kappa shape index (κ3) is 2.18. The number of anilines is 1. The van der Waals surface area contributed by atoms with Crippen LogP contribution in [-0.4, -0.2) is 30.7 Å². The number of piperazine rings is 1. The third-order valence-corrected chi connectivity index (χ3v) is 3.16. The average Bonchev–Trinajstić information content (AvgIpc) is 2.30. The molecule has 0 aliphatic carbocycles. The minimum absolute atomic E-state index is 0.370. The summed E-state index contributed by atoms with van der Waals surface area (Å²) in [5, 5.41) is 12.4. The molecule has 5 heteroatoms. The van der Waals surface area contributed by atoms with Crippen LogP contribution in [0.15, 0.2) is 16.7 Å². The lowest BCUT2D eigenvalue weighted by atomic mass is 10.2. The highest BCUT2D eigenvalue weighted by Gasteiger charge is 2.21. The summed E-state index contributed by atoms with van der Waals surface area (Å²) in [5.74, 6) is 0.791. The first-order valence-corrected chi connectivity index (χ1v) is 6.04. The van der Waals surface area contributed by atoms with Crippen LogP contribution in [-0.2, 0) is 0 Å². The fourth-order valence-electron chi connectivity index (χ4n) is 1.90. The second-order valence-electron chi connectivity index (χ2n) is 3.88. The van der Waals surface area contributed by atoms with Crippen molar-refractivity contribution in [1.82, 2.24) is 10.3 Å². The summed E-state index contributed by atoms with van der Waals surface area (Å²) >= 11 is 3.33. The van der Waals surface area contributed by atoms with E-state index in [0.717, 1.165) is 29.9 Å². The van der Waals surface area contributed by atoms with E-state index >= 15 is 0 Å². The predicted molar refractivity (Wildman–Crippen MR) is 66.3 cm³/mol. The first-order valence-electron chi connectivity index (χ1n) is 5.25. The predicted octanol–water partition coefficient (Wildman–Crippen LogP) is 1.51. The maximum Gasteiger partial charge on any atom is 0.146 e. The lowest BCUT2D eigenvalue weighted by molar-refractivity contribution is 0.497. The van der Waals surface area contributed by atoms with Gasteiger partial charge in [0.05, 0.1) is 5.56 Å². The van der Waals surface area contributed by atoms with Crippen molar-refractivity contribution in [2.75, 3.05) is 24.5 Å². The molecule has 0 saturated carbocycles. The molecular weight excluding hydrogens is 268 g/mol. The van der Waals surface area contributed by atoms with Crippen molar-refractivity contribution in [3.63, 3.8) is 0 Å². The summed E-state index contributed by atoms with van der Waals surface area (Å²) in [6.45, 7) is 4.90. The summed E-state index contributed by atoms with van der Waals surface area (Å²) in [6.07, 6.45) is 1.74. The summed E-state index contributed by atoms with van der Waals surface area (Å²) < 4.78 is 0.843. The van der Waals surface area contributed by atoms with Crippen molar-refractivity contribution in [3.05, 3.63) is 22.3 Å². The van der Waals surface area contributed by atoms with Gasteiger partial charge in [-0.15, -0.1) is 0 Å². The molecule has 4 nitrogen and oxygen atoms in total. The molecule has 0 amide bonds. The van der Waals surface area contributed by atoms with E-state index in [-0.39, 0.29) is 0 Å². The zero-order chi connectivity index (χ0) is 11.5. The first-order chi connectivity index (χ1) is 7.72. The molecule has 1 N–H and O–H groups in total. The molecule has 1 saturated heterocycles. The Morgan fingerprint density at radius 1 is 1.69 bits per heavy atom. The van der Waals surface area contributed by atoms with Gasteiger partial charge in [0.2, 0.25) is 0 Å². The van der Waals surface area contributed by atoms with Gasteiger partial charge in [0, 0.05) is 36.3 Å². The van der Waals surface area contributed by atoms with E-state index in [1.165, 1.54) is 0 Å². The monoisotopic (exact) mass is 280 g/mol. The first kappa shape index (κ1) is 11.4. The van der Waals surface area contributed by atoms with Crippen LogP contribution >= 0.6 is 15.9 Å². The molecule has 84 valence electrons. The van der Waals surface area contributed by atoms with Gasteiger partial charge in [-0.25, -0.2) is 4.98 Å². The maximum absolute atomic E-state index is 9.11. The van der Waals surface area contributed by atoms with Crippen LogP contribution in [0.2, 0.25) is 0 Å². The molecule has 16 heavy (non-hydrogen) atoms. The molecule has 0 unspecified atom stereocenters. The van der Waals surface area contributed by atoms with Crippen LogP contribution in [0.25, 0.3) is 0 Å². The topological polar surface area (TPSA) is 52.0 Å². The van der Waals surface area contributed by atoms with E-state index in [0.29, 0.717) is 11.6 Å². The Morgan fingerprint density at radius 2 is 2.50 bits per heavy atom. The highest BCUT2D eigenvalue weighted by molar-refractivity contribution is 9.10. The molecule has 1 aromatic rings. The highest BCUT2D eigenvalue weighted by Crippen LogP contribution is 2.23. The van der Waals surface area contributed by atoms with Crippen LogP contribution < -0.4 is 10.2 Å². The average molecular weight is 281 g/mol. The van der Waals surface area contributed by atoms with Gasteiger partial charge >= 0.3 is 0 Å². The smallest absolute Gasteiger partial charge is 0.146 e. The number of aromatic nitrogens is 1. The zero-order valence-corrected chi connectivity index (χ0v) is 10.7. The summed E-state index contributed by atoms with van der Waals surface area (Å²) in [4.78, 5) is 6.53. The van der Waals surface area contributed by atoms with Gasteiger partial charge < -0.3 is 10.2 Å².